The largest absolute Gasteiger partial charge is 0.335 e. The summed E-state index contributed by atoms with van der Waals surface area (Å²) in [5.74, 6) is 0.0497. The maximum absolute atomic E-state index is 12.6. The second-order valence-electron chi connectivity index (χ2n) is 5.69. The average Bonchev–Trinajstić information content (AvgIpc) is 3.00. The molecule has 0 atom stereocenters. The third-order valence-corrected chi connectivity index (χ3v) is 5.34. The molecule has 0 saturated carbocycles. The molecule has 0 saturated heterocycles. The van der Waals surface area contributed by atoms with E-state index in [4.69, 9.17) is 0 Å². The molecule has 1 aliphatic rings. The summed E-state index contributed by atoms with van der Waals surface area (Å²) in [5, 5.41) is 3.46. The fraction of sp³-hybridized carbons (Fsp3) is 0.0952. The Hall–Kier alpha value is -2.52. The molecule has 0 amide bonds. The SMILES string of the molecule is CCN1/C(=C/C(=O)c2ccccc2)Sc2ccc3ccccc3c21. The van der Waals surface area contributed by atoms with Gasteiger partial charge in [-0.25, -0.2) is 0 Å². The summed E-state index contributed by atoms with van der Waals surface area (Å²) in [6.45, 7) is 2.96. The van der Waals surface area contributed by atoms with Crippen LogP contribution in [0.1, 0.15) is 17.3 Å². The lowest BCUT2D eigenvalue weighted by Crippen LogP contribution is -2.17. The molecular weight excluding hydrogens is 314 g/mol. The van der Waals surface area contributed by atoms with Crippen molar-refractivity contribution in [1.82, 2.24) is 0 Å². The van der Waals surface area contributed by atoms with E-state index in [1.54, 1.807) is 17.8 Å². The summed E-state index contributed by atoms with van der Waals surface area (Å²) < 4.78 is 0. The maximum Gasteiger partial charge on any atom is 0.188 e. The van der Waals surface area contributed by atoms with Crippen LogP contribution in [-0.2, 0) is 0 Å². The smallest absolute Gasteiger partial charge is 0.188 e. The van der Waals surface area contributed by atoms with Crippen molar-refractivity contribution < 1.29 is 4.79 Å². The van der Waals surface area contributed by atoms with Crippen LogP contribution >= 0.6 is 11.8 Å². The minimum Gasteiger partial charge on any atom is -0.335 e. The first-order valence-corrected chi connectivity index (χ1v) is 8.88. The zero-order chi connectivity index (χ0) is 16.5. The van der Waals surface area contributed by atoms with Gasteiger partial charge >= 0.3 is 0 Å². The Morgan fingerprint density at radius 2 is 1.75 bits per heavy atom. The third-order valence-electron chi connectivity index (χ3n) is 4.24. The standard InChI is InChI=1S/C21H17NOS/c1-2-22-20(14-18(23)16-9-4-3-5-10-16)24-19-13-12-15-8-6-7-11-17(15)21(19)22/h3-14H,2H2,1H3/b20-14-. The van der Waals surface area contributed by atoms with Gasteiger partial charge in [0.15, 0.2) is 5.78 Å². The van der Waals surface area contributed by atoms with Crippen LogP contribution in [0, 0.1) is 0 Å². The van der Waals surface area contributed by atoms with Crippen molar-refractivity contribution in [2.24, 2.45) is 0 Å². The number of hydrogen-bond donors (Lipinski definition) is 0. The Labute approximate surface area is 145 Å². The lowest BCUT2D eigenvalue weighted by molar-refractivity contribution is 0.104. The molecule has 0 radical (unpaired) electrons. The Morgan fingerprint density at radius 1 is 1.00 bits per heavy atom. The molecule has 1 heterocycles. The highest BCUT2D eigenvalue weighted by molar-refractivity contribution is 8.03. The van der Waals surface area contributed by atoms with Gasteiger partial charge in [0, 0.05) is 28.5 Å². The second-order valence-corrected chi connectivity index (χ2v) is 6.75. The quantitative estimate of drug-likeness (QED) is 0.467. The van der Waals surface area contributed by atoms with Crippen LogP contribution in [0.4, 0.5) is 5.69 Å². The lowest BCUT2D eigenvalue weighted by atomic mass is 10.1. The van der Waals surface area contributed by atoms with Crippen molar-refractivity contribution in [3.8, 4) is 0 Å². The second kappa shape index (κ2) is 6.17. The molecule has 0 aliphatic carbocycles. The minimum atomic E-state index is 0.0497. The highest BCUT2D eigenvalue weighted by Crippen LogP contribution is 2.49. The number of allylic oxidation sites excluding steroid dienone is 1. The molecule has 0 N–H and O–H groups in total. The topological polar surface area (TPSA) is 20.3 Å². The lowest BCUT2D eigenvalue weighted by Gasteiger charge is -2.19. The number of rotatable bonds is 3. The molecule has 0 spiro atoms. The first-order valence-electron chi connectivity index (χ1n) is 8.06. The molecule has 0 bridgehead atoms. The van der Waals surface area contributed by atoms with Gasteiger partial charge in [-0.3, -0.25) is 4.79 Å². The van der Waals surface area contributed by atoms with E-state index < -0.39 is 0 Å². The highest BCUT2D eigenvalue weighted by atomic mass is 32.2. The van der Waals surface area contributed by atoms with Crippen LogP contribution in [0.2, 0.25) is 0 Å². The summed E-state index contributed by atoms with van der Waals surface area (Å²) in [6.07, 6.45) is 1.76. The first kappa shape index (κ1) is 15.0. The average molecular weight is 331 g/mol. The van der Waals surface area contributed by atoms with Crippen LogP contribution in [-0.4, -0.2) is 12.3 Å². The predicted octanol–water partition coefficient (Wildman–Crippen LogP) is 5.50. The van der Waals surface area contributed by atoms with Crippen molar-refractivity contribution in [1.29, 1.82) is 0 Å². The van der Waals surface area contributed by atoms with Gasteiger partial charge < -0.3 is 4.90 Å². The van der Waals surface area contributed by atoms with E-state index in [9.17, 15) is 4.79 Å². The van der Waals surface area contributed by atoms with E-state index in [-0.39, 0.29) is 5.78 Å². The van der Waals surface area contributed by atoms with Crippen molar-refractivity contribution in [3.05, 3.63) is 83.4 Å². The molecule has 118 valence electrons. The molecule has 4 rings (SSSR count). The molecule has 0 unspecified atom stereocenters. The first-order chi connectivity index (χ1) is 11.8. The Morgan fingerprint density at radius 3 is 2.54 bits per heavy atom. The number of nitrogens with zero attached hydrogens (tertiary/aromatic N) is 1. The zero-order valence-corrected chi connectivity index (χ0v) is 14.2. The van der Waals surface area contributed by atoms with Crippen molar-refractivity contribution in [3.63, 3.8) is 0 Å². The fourth-order valence-corrected chi connectivity index (χ4v) is 4.27. The normalized spacial score (nSPS) is 15.0. The minimum absolute atomic E-state index is 0.0497. The van der Waals surface area contributed by atoms with Crippen molar-refractivity contribution in [2.45, 2.75) is 11.8 Å². The van der Waals surface area contributed by atoms with E-state index in [0.29, 0.717) is 0 Å². The summed E-state index contributed by atoms with van der Waals surface area (Å²) in [5.41, 5.74) is 1.94. The third kappa shape index (κ3) is 2.51. The van der Waals surface area contributed by atoms with Gasteiger partial charge in [0.25, 0.3) is 0 Å². The number of benzene rings is 3. The van der Waals surface area contributed by atoms with Crippen LogP contribution in [0.5, 0.6) is 0 Å². The van der Waals surface area contributed by atoms with E-state index in [0.717, 1.165) is 17.1 Å². The summed E-state index contributed by atoms with van der Waals surface area (Å²) in [7, 11) is 0. The molecule has 24 heavy (non-hydrogen) atoms. The van der Waals surface area contributed by atoms with Crippen LogP contribution in [0.15, 0.2) is 82.7 Å². The Kier molecular flexibility index (Phi) is 3.87. The number of hydrogen-bond acceptors (Lipinski definition) is 3. The molecule has 3 aromatic carbocycles. The summed E-state index contributed by atoms with van der Waals surface area (Å²) in [4.78, 5) is 16.0. The number of carbonyl (C=O) groups is 1. The van der Waals surface area contributed by atoms with Gasteiger partial charge in [-0.15, -0.1) is 0 Å². The van der Waals surface area contributed by atoms with E-state index in [1.807, 2.05) is 30.3 Å². The van der Waals surface area contributed by atoms with Gasteiger partial charge in [-0.05, 0) is 18.4 Å². The highest BCUT2D eigenvalue weighted by Gasteiger charge is 2.26. The summed E-state index contributed by atoms with van der Waals surface area (Å²) >= 11 is 1.67. The molecule has 0 fully saturated rings. The monoisotopic (exact) mass is 331 g/mol. The van der Waals surface area contributed by atoms with Gasteiger partial charge in [0.2, 0.25) is 0 Å². The zero-order valence-electron chi connectivity index (χ0n) is 13.4. The number of thioether (sulfide) groups is 1. The van der Waals surface area contributed by atoms with Gasteiger partial charge in [-0.2, -0.15) is 0 Å². The number of carbonyl (C=O) groups excluding carboxylic acids is 1. The van der Waals surface area contributed by atoms with E-state index in [2.05, 4.69) is 48.2 Å². The van der Waals surface area contributed by atoms with Crippen molar-refractivity contribution in [2.75, 3.05) is 11.4 Å². The van der Waals surface area contributed by atoms with E-state index >= 15 is 0 Å². The summed E-state index contributed by atoms with van der Waals surface area (Å²) in [6, 6.07) is 22.1. The molecule has 1 aliphatic heterocycles. The van der Waals surface area contributed by atoms with Crippen LogP contribution in [0.25, 0.3) is 10.8 Å². The number of ketones is 1. The maximum atomic E-state index is 12.6. The van der Waals surface area contributed by atoms with Crippen LogP contribution < -0.4 is 4.90 Å². The molecule has 3 aromatic rings. The number of fused-ring (bicyclic) bond motifs is 3. The molecule has 3 heteroatoms. The van der Waals surface area contributed by atoms with Crippen molar-refractivity contribution >= 4 is 34.0 Å². The van der Waals surface area contributed by atoms with E-state index in [1.165, 1.54) is 21.4 Å². The Bertz CT molecular complexity index is 946. The number of anilines is 1. The van der Waals surface area contributed by atoms with Gasteiger partial charge in [0.05, 0.1) is 10.7 Å². The Balaban J connectivity index is 1.78. The van der Waals surface area contributed by atoms with Gasteiger partial charge in [-0.1, -0.05) is 72.4 Å². The van der Waals surface area contributed by atoms with Gasteiger partial charge in [0.1, 0.15) is 0 Å². The molecule has 2 nitrogen and oxygen atoms in total. The molecule has 0 aromatic heterocycles. The van der Waals surface area contributed by atoms with Crippen LogP contribution in [0.3, 0.4) is 0 Å². The fourth-order valence-electron chi connectivity index (χ4n) is 3.09. The predicted molar refractivity (Wildman–Crippen MR) is 102 cm³/mol. The molecular formula is C21H17NOS.